The van der Waals surface area contributed by atoms with E-state index in [1.807, 2.05) is 31.2 Å². The minimum absolute atomic E-state index is 0.123. The third-order valence-electron chi connectivity index (χ3n) is 2.75. The number of para-hydroxylation sites is 1. The fraction of sp³-hybridized carbons (Fsp3) is 0.500. The molecule has 1 aromatic rings. The van der Waals surface area contributed by atoms with Gasteiger partial charge in [0.1, 0.15) is 5.75 Å². The zero-order valence-electron chi connectivity index (χ0n) is 10.9. The average Bonchev–Trinajstić information content (AvgIpc) is 2.36. The zero-order chi connectivity index (χ0) is 12.7. The Kier molecular flexibility index (Phi) is 5.70. The zero-order valence-corrected chi connectivity index (χ0v) is 10.9. The summed E-state index contributed by atoms with van der Waals surface area (Å²) >= 11 is 0. The predicted octanol–water partition coefficient (Wildman–Crippen LogP) is 2.61. The second kappa shape index (κ2) is 7.07. The van der Waals surface area contributed by atoms with Crippen LogP contribution in [0.4, 0.5) is 0 Å². The fourth-order valence-electron chi connectivity index (χ4n) is 1.71. The third-order valence-corrected chi connectivity index (χ3v) is 2.75. The maximum Gasteiger partial charge on any atom is 0.180 e. The number of rotatable bonds is 7. The highest BCUT2D eigenvalue weighted by Crippen LogP contribution is 2.18. The van der Waals surface area contributed by atoms with Crippen molar-refractivity contribution in [1.29, 1.82) is 0 Å². The van der Waals surface area contributed by atoms with Gasteiger partial charge in [-0.25, -0.2) is 0 Å². The number of likely N-dealkylation sites (N-methyl/N-ethyl adjacent to an activating group) is 1. The molecular formula is C14H21NO2. The Morgan fingerprint density at radius 2 is 1.82 bits per heavy atom. The smallest absolute Gasteiger partial charge is 0.180 e. The van der Waals surface area contributed by atoms with E-state index in [0.717, 1.165) is 13.1 Å². The molecule has 94 valence electrons. The minimum atomic E-state index is 0.123. The molecule has 0 amide bonds. The van der Waals surface area contributed by atoms with E-state index in [9.17, 15) is 4.79 Å². The van der Waals surface area contributed by atoms with Gasteiger partial charge < -0.3 is 4.74 Å². The first-order chi connectivity index (χ1) is 8.22. The molecule has 0 aliphatic rings. The summed E-state index contributed by atoms with van der Waals surface area (Å²) in [7, 11) is 0. The molecule has 0 aromatic heterocycles. The summed E-state index contributed by atoms with van der Waals surface area (Å²) in [6.45, 7) is 8.85. The summed E-state index contributed by atoms with van der Waals surface area (Å²) in [5, 5.41) is 0. The van der Waals surface area contributed by atoms with E-state index in [4.69, 9.17) is 4.74 Å². The van der Waals surface area contributed by atoms with Gasteiger partial charge in [-0.2, -0.15) is 0 Å². The number of nitrogens with zero attached hydrogens (tertiary/aromatic N) is 1. The summed E-state index contributed by atoms with van der Waals surface area (Å²) in [6.07, 6.45) is 0. The largest absolute Gasteiger partial charge is 0.493 e. The summed E-state index contributed by atoms with van der Waals surface area (Å²) in [6, 6.07) is 7.44. The molecule has 0 heterocycles. The normalized spacial score (nSPS) is 10.6. The molecule has 3 heteroatoms. The van der Waals surface area contributed by atoms with Gasteiger partial charge in [-0.05, 0) is 32.1 Å². The number of hydrogen-bond acceptors (Lipinski definition) is 3. The quantitative estimate of drug-likeness (QED) is 0.680. The van der Waals surface area contributed by atoms with Crippen molar-refractivity contribution in [2.45, 2.75) is 20.8 Å². The van der Waals surface area contributed by atoms with Crippen molar-refractivity contribution >= 4 is 5.78 Å². The van der Waals surface area contributed by atoms with E-state index in [-0.39, 0.29) is 5.78 Å². The molecule has 0 radical (unpaired) electrons. The van der Waals surface area contributed by atoms with Crippen LogP contribution in [0.1, 0.15) is 31.1 Å². The van der Waals surface area contributed by atoms with Crippen molar-refractivity contribution in [2.75, 3.05) is 26.2 Å². The molecule has 0 N–H and O–H groups in total. The van der Waals surface area contributed by atoms with Crippen LogP contribution in [-0.2, 0) is 0 Å². The molecule has 0 aliphatic heterocycles. The second-order valence-corrected chi connectivity index (χ2v) is 3.81. The van der Waals surface area contributed by atoms with Gasteiger partial charge in [0.2, 0.25) is 0 Å². The van der Waals surface area contributed by atoms with Crippen molar-refractivity contribution in [2.24, 2.45) is 0 Å². The Bertz CT molecular complexity index is 359. The summed E-state index contributed by atoms with van der Waals surface area (Å²) in [5.74, 6) is 0.810. The monoisotopic (exact) mass is 235 g/mol. The van der Waals surface area contributed by atoms with Crippen molar-refractivity contribution in [3.05, 3.63) is 29.8 Å². The molecule has 3 nitrogen and oxygen atoms in total. The molecule has 0 fully saturated rings. The van der Waals surface area contributed by atoms with Crippen molar-refractivity contribution < 1.29 is 9.53 Å². The molecule has 0 aliphatic carbocycles. The number of benzene rings is 1. The van der Waals surface area contributed by atoms with Crippen LogP contribution in [0.25, 0.3) is 0 Å². The lowest BCUT2D eigenvalue weighted by Gasteiger charge is -2.17. The minimum Gasteiger partial charge on any atom is -0.493 e. The molecule has 0 saturated heterocycles. The van der Waals surface area contributed by atoms with Gasteiger partial charge in [0.15, 0.2) is 5.78 Å². The molecular weight excluding hydrogens is 214 g/mol. The van der Waals surface area contributed by atoms with Crippen LogP contribution in [0.15, 0.2) is 24.3 Å². The molecule has 17 heavy (non-hydrogen) atoms. The number of ether oxygens (including phenoxy) is 1. The van der Waals surface area contributed by atoms with Gasteiger partial charge in [0.25, 0.3) is 0 Å². The van der Waals surface area contributed by atoms with Crippen LogP contribution in [0.5, 0.6) is 5.75 Å². The highest BCUT2D eigenvalue weighted by molar-refractivity contribution is 6.00. The van der Waals surface area contributed by atoms with E-state index < -0.39 is 0 Å². The standard InChI is InChI=1S/C14H21NO2/c1-4-15(5-2)11-13(16)12-9-7-8-10-14(12)17-6-3/h7-10H,4-6,11H2,1-3H3. The predicted molar refractivity (Wildman–Crippen MR) is 69.7 cm³/mol. The van der Waals surface area contributed by atoms with Crippen LogP contribution in [-0.4, -0.2) is 36.9 Å². The topological polar surface area (TPSA) is 29.5 Å². The Balaban J connectivity index is 2.80. The maximum atomic E-state index is 12.1. The van der Waals surface area contributed by atoms with Crippen LogP contribution in [0, 0.1) is 0 Å². The van der Waals surface area contributed by atoms with Gasteiger partial charge in [0, 0.05) is 0 Å². The van der Waals surface area contributed by atoms with Gasteiger partial charge in [-0.15, -0.1) is 0 Å². The fourth-order valence-corrected chi connectivity index (χ4v) is 1.71. The lowest BCUT2D eigenvalue weighted by molar-refractivity contribution is 0.0933. The van der Waals surface area contributed by atoms with E-state index >= 15 is 0 Å². The number of Topliss-reactive ketones (excluding diaryl/α,β-unsaturated/α-hetero) is 1. The summed E-state index contributed by atoms with van der Waals surface area (Å²) < 4.78 is 5.47. The molecule has 1 aromatic carbocycles. The molecule has 0 unspecified atom stereocenters. The van der Waals surface area contributed by atoms with Gasteiger partial charge >= 0.3 is 0 Å². The molecule has 0 bridgehead atoms. The van der Waals surface area contributed by atoms with E-state index in [0.29, 0.717) is 24.5 Å². The molecule has 0 spiro atoms. The van der Waals surface area contributed by atoms with Crippen LogP contribution in [0.3, 0.4) is 0 Å². The third kappa shape index (κ3) is 3.86. The number of carbonyl (C=O) groups excluding carboxylic acids is 1. The van der Waals surface area contributed by atoms with E-state index in [1.54, 1.807) is 0 Å². The molecule has 0 atom stereocenters. The first-order valence-electron chi connectivity index (χ1n) is 6.20. The second-order valence-electron chi connectivity index (χ2n) is 3.81. The highest BCUT2D eigenvalue weighted by Gasteiger charge is 2.14. The summed E-state index contributed by atoms with van der Waals surface area (Å²) in [5.41, 5.74) is 0.682. The van der Waals surface area contributed by atoms with Gasteiger partial charge in [-0.3, -0.25) is 9.69 Å². The molecule has 1 rings (SSSR count). The Morgan fingerprint density at radius 1 is 1.18 bits per heavy atom. The lowest BCUT2D eigenvalue weighted by atomic mass is 10.1. The molecule has 0 saturated carbocycles. The highest BCUT2D eigenvalue weighted by atomic mass is 16.5. The van der Waals surface area contributed by atoms with Crippen molar-refractivity contribution in [3.8, 4) is 5.75 Å². The lowest BCUT2D eigenvalue weighted by Crippen LogP contribution is -2.29. The maximum absolute atomic E-state index is 12.1. The Hall–Kier alpha value is -1.35. The van der Waals surface area contributed by atoms with Crippen LogP contribution < -0.4 is 4.74 Å². The van der Waals surface area contributed by atoms with Crippen molar-refractivity contribution in [1.82, 2.24) is 4.90 Å². The van der Waals surface area contributed by atoms with Gasteiger partial charge in [0.05, 0.1) is 18.7 Å². The Morgan fingerprint density at radius 3 is 2.41 bits per heavy atom. The van der Waals surface area contributed by atoms with Crippen LogP contribution >= 0.6 is 0 Å². The average molecular weight is 235 g/mol. The SMILES string of the molecule is CCOc1ccccc1C(=O)CN(CC)CC. The number of carbonyl (C=O) groups is 1. The Labute approximate surface area is 103 Å². The first-order valence-corrected chi connectivity index (χ1v) is 6.20. The summed E-state index contributed by atoms with van der Waals surface area (Å²) in [4.78, 5) is 14.2. The van der Waals surface area contributed by atoms with Gasteiger partial charge in [-0.1, -0.05) is 26.0 Å². The number of ketones is 1. The van der Waals surface area contributed by atoms with Crippen molar-refractivity contribution in [3.63, 3.8) is 0 Å². The number of hydrogen-bond donors (Lipinski definition) is 0. The van der Waals surface area contributed by atoms with Crippen LogP contribution in [0.2, 0.25) is 0 Å². The van der Waals surface area contributed by atoms with E-state index in [2.05, 4.69) is 18.7 Å². The van der Waals surface area contributed by atoms with E-state index in [1.165, 1.54) is 0 Å². The first kappa shape index (κ1) is 13.7.